The van der Waals surface area contributed by atoms with Crippen molar-refractivity contribution in [2.75, 3.05) is 5.75 Å². The SMILES string of the molecule is Cc1ccc(CC(=O)CCS(=O)(=O)c2ccccc2C(=O)CC2CCCC2)cc1. The lowest BCUT2D eigenvalue weighted by Gasteiger charge is -2.12. The van der Waals surface area contributed by atoms with Gasteiger partial charge in [0.2, 0.25) is 0 Å². The van der Waals surface area contributed by atoms with Gasteiger partial charge in [0.1, 0.15) is 5.78 Å². The van der Waals surface area contributed by atoms with Crippen molar-refractivity contribution in [3.8, 4) is 0 Å². The van der Waals surface area contributed by atoms with Crippen LogP contribution in [-0.4, -0.2) is 25.7 Å². The summed E-state index contributed by atoms with van der Waals surface area (Å²) < 4.78 is 25.8. The summed E-state index contributed by atoms with van der Waals surface area (Å²) in [7, 11) is -3.71. The van der Waals surface area contributed by atoms with Gasteiger partial charge >= 0.3 is 0 Å². The zero-order valence-electron chi connectivity index (χ0n) is 16.9. The molecule has 0 radical (unpaired) electrons. The van der Waals surface area contributed by atoms with E-state index < -0.39 is 9.84 Å². The van der Waals surface area contributed by atoms with Crippen LogP contribution in [0.15, 0.2) is 53.4 Å². The predicted molar refractivity (Wildman–Crippen MR) is 114 cm³/mol. The highest BCUT2D eigenvalue weighted by Gasteiger charge is 2.25. The Labute approximate surface area is 173 Å². The minimum atomic E-state index is -3.71. The van der Waals surface area contributed by atoms with Gasteiger partial charge in [0.05, 0.1) is 10.6 Å². The van der Waals surface area contributed by atoms with Gasteiger partial charge in [0, 0.05) is 24.8 Å². The quantitative estimate of drug-likeness (QED) is 0.558. The largest absolute Gasteiger partial charge is 0.299 e. The van der Waals surface area contributed by atoms with Gasteiger partial charge in [0.15, 0.2) is 15.6 Å². The highest BCUT2D eigenvalue weighted by molar-refractivity contribution is 7.91. The number of rotatable bonds is 9. The molecule has 1 fully saturated rings. The number of carbonyl (C=O) groups excluding carboxylic acids is 2. The summed E-state index contributed by atoms with van der Waals surface area (Å²) in [6, 6.07) is 14.1. The number of carbonyl (C=O) groups is 2. The van der Waals surface area contributed by atoms with Crippen molar-refractivity contribution in [2.45, 2.75) is 56.8 Å². The molecule has 4 nitrogen and oxygen atoms in total. The van der Waals surface area contributed by atoms with Crippen LogP contribution in [0.3, 0.4) is 0 Å². The lowest BCUT2D eigenvalue weighted by atomic mass is 9.97. The Kier molecular flexibility index (Phi) is 7.01. The first-order valence-corrected chi connectivity index (χ1v) is 11.9. The topological polar surface area (TPSA) is 68.3 Å². The monoisotopic (exact) mass is 412 g/mol. The zero-order chi connectivity index (χ0) is 20.9. The number of benzene rings is 2. The van der Waals surface area contributed by atoms with Gasteiger partial charge in [-0.15, -0.1) is 0 Å². The van der Waals surface area contributed by atoms with Crippen LogP contribution in [0.5, 0.6) is 0 Å². The molecule has 29 heavy (non-hydrogen) atoms. The summed E-state index contributed by atoms with van der Waals surface area (Å²) >= 11 is 0. The molecule has 3 rings (SSSR count). The van der Waals surface area contributed by atoms with E-state index in [0.29, 0.717) is 12.3 Å². The molecule has 0 aromatic heterocycles. The maximum absolute atomic E-state index is 12.9. The first-order valence-electron chi connectivity index (χ1n) is 10.3. The summed E-state index contributed by atoms with van der Waals surface area (Å²) in [5, 5.41) is 0. The van der Waals surface area contributed by atoms with E-state index in [-0.39, 0.29) is 40.6 Å². The second-order valence-corrected chi connectivity index (χ2v) is 10.1. The normalized spacial score (nSPS) is 14.8. The highest BCUT2D eigenvalue weighted by atomic mass is 32.2. The fourth-order valence-electron chi connectivity index (χ4n) is 3.93. The molecule has 0 unspecified atom stereocenters. The molecule has 0 saturated heterocycles. The fourth-order valence-corrected chi connectivity index (χ4v) is 5.45. The molecule has 1 saturated carbocycles. The molecule has 0 atom stereocenters. The zero-order valence-corrected chi connectivity index (χ0v) is 17.7. The Bertz CT molecular complexity index is 968. The fraction of sp³-hybridized carbons (Fsp3) is 0.417. The van der Waals surface area contributed by atoms with Crippen molar-refractivity contribution in [3.05, 3.63) is 65.2 Å². The van der Waals surface area contributed by atoms with Crippen LogP contribution >= 0.6 is 0 Å². The lowest BCUT2D eigenvalue weighted by molar-refractivity contribution is -0.118. The maximum Gasteiger partial charge on any atom is 0.179 e. The van der Waals surface area contributed by atoms with Crippen LogP contribution in [0.4, 0.5) is 0 Å². The third-order valence-corrected chi connectivity index (χ3v) is 7.41. The molecule has 0 heterocycles. The molecule has 2 aromatic rings. The average molecular weight is 413 g/mol. The van der Waals surface area contributed by atoms with E-state index in [1.54, 1.807) is 18.2 Å². The molecule has 1 aliphatic carbocycles. The van der Waals surface area contributed by atoms with E-state index in [4.69, 9.17) is 0 Å². The number of ketones is 2. The van der Waals surface area contributed by atoms with Crippen molar-refractivity contribution in [1.29, 1.82) is 0 Å². The Morgan fingerprint density at radius 2 is 1.62 bits per heavy atom. The molecule has 2 aromatic carbocycles. The predicted octanol–water partition coefficient (Wildman–Crippen LogP) is 4.73. The van der Waals surface area contributed by atoms with Crippen LogP contribution in [0.1, 0.15) is 60.0 Å². The first kappa shape index (κ1) is 21.4. The molecule has 0 amide bonds. The molecular weight excluding hydrogens is 384 g/mol. The van der Waals surface area contributed by atoms with Gasteiger partial charge in [0.25, 0.3) is 0 Å². The van der Waals surface area contributed by atoms with Gasteiger partial charge in [-0.2, -0.15) is 0 Å². The Morgan fingerprint density at radius 1 is 0.966 bits per heavy atom. The van der Waals surface area contributed by atoms with Crippen LogP contribution in [0.2, 0.25) is 0 Å². The molecule has 0 N–H and O–H groups in total. The standard InChI is InChI=1S/C24H28O4S/c1-18-10-12-20(13-11-18)16-21(25)14-15-29(27,28)24-9-5-4-8-22(24)23(26)17-19-6-2-3-7-19/h4-5,8-13,19H,2-3,6-7,14-17H2,1H3. The second-order valence-electron chi connectivity index (χ2n) is 8.04. The van der Waals surface area contributed by atoms with Gasteiger partial charge in [-0.1, -0.05) is 73.7 Å². The molecule has 0 aliphatic heterocycles. The van der Waals surface area contributed by atoms with Crippen molar-refractivity contribution in [3.63, 3.8) is 0 Å². The summed E-state index contributed by atoms with van der Waals surface area (Å²) in [5.41, 5.74) is 2.26. The van der Waals surface area contributed by atoms with E-state index in [0.717, 1.165) is 36.8 Å². The van der Waals surface area contributed by atoms with E-state index in [9.17, 15) is 18.0 Å². The van der Waals surface area contributed by atoms with Crippen LogP contribution < -0.4 is 0 Å². The van der Waals surface area contributed by atoms with Gasteiger partial charge in [-0.25, -0.2) is 8.42 Å². The molecule has 0 spiro atoms. The van der Waals surface area contributed by atoms with Gasteiger partial charge < -0.3 is 0 Å². The van der Waals surface area contributed by atoms with Crippen LogP contribution in [0.25, 0.3) is 0 Å². The third kappa shape index (κ3) is 5.86. The third-order valence-electron chi connectivity index (χ3n) is 5.64. The number of Topliss-reactive ketones (excluding diaryl/α,β-unsaturated/α-hetero) is 2. The number of hydrogen-bond acceptors (Lipinski definition) is 4. The number of sulfone groups is 1. The van der Waals surface area contributed by atoms with Crippen molar-refractivity contribution < 1.29 is 18.0 Å². The van der Waals surface area contributed by atoms with E-state index in [1.165, 1.54) is 6.07 Å². The van der Waals surface area contributed by atoms with Crippen molar-refractivity contribution >= 4 is 21.4 Å². The molecule has 5 heteroatoms. The Balaban J connectivity index is 1.66. The van der Waals surface area contributed by atoms with E-state index >= 15 is 0 Å². The molecule has 154 valence electrons. The highest BCUT2D eigenvalue weighted by Crippen LogP contribution is 2.30. The lowest BCUT2D eigenvalue weighted by Crippen LogP contribution is -2.17. The summed E-state index contributed by atoms with van der Waals surface area (Å²) in [4.78, 5) is 25.1. The summed E-state index contributed by atoms with van der Waals surface area (Å²) in [5.74, 6) is -0.144. The van der Waals surface area contributed by atoms with Gasteiger partial charge in [-0.05, 0) is 24.5 Å². The Morgan fingerprint density at radius 3 is 2.31 bits per heavy atom. The van der Waals surface area contributed by atoms with Crippen LogP contribution in [0, 0.1) is 12.8 Å². The van der Waals surface area contributed by atoms with Crippen LogP contribution in [-0.2, 0) is 21.1 Å². The molecule has 1 aliphatic rings. The van der Waals surface area contributed by atoms with E-state index in [2.05, 4.69) is 0 Å². The number of hydrogen-bond donors (Lipinski definition) is 0. The van der Waals surface area contributed by atoms with Gasteiger partial charge in [-0.3, -0.25) is 9.59 Å². The van der Waals surface area contributed by atoms with Crippen molar-refractivity contribution in [2.24, 2.45) is 5.92 Å². The summed E-state index contributed by atoms with van der Waals surface area (Å²) in [6.45, 7) is 1.98. The van der Waals surface area contributed by atoms with Crippen molar-refractivity contribution in [1.82, 2.24) is 0 Å². The van der Waals surface area contributed by atoms with E-state index in [1.807, 2.05) is 31.2 Å². The summed E-state index contributed by atoms with van der Waals surface area (Å²) in [6.07, 6.45) is 4.92. The second kappa shape index (κ2) is 9.49. The molecular formula is C24H28O4S. The minimum absolute atomic E-state index is 0.0542. The smallest absolute Gasteiger partial charge is 0.179 e. The molecule has 0 bridgehead atoms. The first-order chi connectivity index (χ1) is 13.8. The average Bonchev–Trinajstić information content (AvgIpc) is 3.21. The minimum Gasteiger partial charge on any atom is -0.299 e. The Hall–Kier alpha value is -2.27. The maximum atomic E-state index is 12.9. The number of aryl methyl sites for hydroxylation is 1.